The molecule has 3 N–H and O–H groups in total. The van der Waals surface area contributed by atoms with Gasteiger partial charge in [0.1, 0.15) is 0 Å². The van der Waals surface area contributed by atoms with Gasteiger partial charge in [0.2, 0.25) is 5.91 Å². The number of rotatable bonds is 6. The number of nitrogens with one attached hydrogen (secondary N) is 2. The molecule has 144 valence electrons. The smallest absolute Gasteiger partial charge is 0.234 e. The van der Waals surface area contributed by atoms with Crippen LogP contribution in [0.3, 0.4) is 0 Å². The minimum absolute atomic E-state index is 0.0879. The number of nitrogens with zero attached hydrogens (tertiary/aromatic N) is 3. The average Bonchev–Trinajstić information content (AvgIpc) is 2.98. The lowest BCUT2D eigenvalue weighted by Gasteiger charge is -2.36. The van der Waals surface area contributed by atoms with E-state index in [9.17, 15) is 9.90 Å². The Balaban J connectivity index is 1.84. The van der Waals surface area contributed by atoms with Crippen LogP contribution >= 0.6 is 11.8 Å². The molecule has 1 atom stereocenters. The predicted molar refractivity (Wildman–Crippen MR) is 104 cm³/mol. The number of carbonyl (C=O) groups excluding carboxylic acids is 1. The fourth-order valence-electron chi connectivity index (χ4n) is 3.06. The minimum Gasteiger partial charge on any atom is -0.387 e. The molecule has 0 aromatic carbocycles. The maximum absolute atomic E-state index is 11.9. The van der Waals surface area contributed by atoms with E-state index in [4.69, 9.17) is 0 Å². The third kappa shape index (κ3) is 6.67. The number of amides is 1. The van der Waals surface area contributed by atoms with E-state index in [2.05, 4.69) is 32.3 Å². The van der Waals surface area contributed by atoms with Crippen LogP contribution in [-0.4, -0.2) is 95.7 Å². The first-order valence-corrected chi connectivity index (χ1v) is 10.4. The number of hydrogen-bond donors (Lipinski definition) is 3. The minimum atomic E-state index is -0.651. The summed E-state index contributed by atoms with van der Waals surface area (Å²) in [7, 11) is 0. The van der Waals surface area contributed by atoms with Gasteiger partial charge in [-0.2, -0.15) is 11.8 Å². The first-order valence-electron chi connectivity index (χ1n) is 9.27. The van der Waals surface area contributed by atoms with Crippen LogP contribution in [0.25, 0.3) is 0 Å². The molecule has 1 amide bonds. The summed E-state index contributed by atoms with van der Waals surface area (Å²) in [5.41, 5.74) is -0.651. The van der Waals surface area contributed by atoms with Gasteiger partial charge in [-0.1, -0.05) is 0 Å². The van der Waals surface area contributed by atoms with Gasteiger partial charge in [0.15, 0.2) is 5.96 Å². The first kappa shape index (κ1) is 20.3. The molecule has 0 saturated carbocycles. The molecule has 0 aliphatic carbocycles. The van der Waals surface area contributed by atoms with E-state index in [0.29, 0.717) is 13.1 Å². The zero-order valence-corrected chi connectivity index (χ0v) is 16.6. The van der Waals surface area contributed by atoms with Gasteiger partial charge in [-0.05, 0) is 32.9 Å². The Bertz CT molecular complexity index is 458. The van der Waals surface area contributed by atoms with Gasteiger partial charge in [0, 0.05) is 44.5 Å². The maximum atomic E-state index is 11.9. The number of thioether (sulfide) groups is 1. The highest BCUT2D eigenvalue weighted by atomic mass is 32.2. The Morgan fingerprint density at radius 1 is 1.32 bits per heavy atom. The van der Waals surface area contributed by atoms with Crippen LogP contribution in [0.4, 0.5) is 0 Å². The van der Waals surface area contributed by atoms with Gasteiger partial charge in [-0.15, -0.1) is 0 Å². The fourth-order valence-corrected chi connectivity index (χ4v) is 4.34. The monoisotopic (exact) mass is 371 g/mol. The summed E-state index contributed by atoms with van der Waals surface area (Å²) in [5.74, 6) is 2.75. The van der Waals surface area contributed by atoms with Crippen molar-refractivity contribution in [2.75, 3.05) is 57.3 Å². The lowest BCUT2D eigenvalue weighted by atomic mass is 10.0. The predicted octanol–water partition coefficient (Wildman–Crippen LogP) is -0.0379. The highest BCUT2D eigenvalue weighted by Gasteiger charge is 2.32. The van der Waals surface area contributed by atoms with Gasteiger partial charge in [-0.25, -0.2) is 0 Å². The second-order valence-corrected chi connectivity index (χ2v) is 8.29. The number of hydrogen-bond acceptors (Lipinski definition) is 5. The van der Waals surface area contributed by atoms with Crippen molar-refractivity contribution < 1.29 is 9.90 Å². The standard InChI is InChI=1S/C17H33N5O2S/c1-4-18-16(19-12-17(24)5-10-25-13-17)22-8-6-21(7-9-22)11-15(23)20-14(2)3/h14,24H,4-13H2,1-3H3,(H,18,19)(H,20,23). The van der Waals surface area contributed by atoms with Crippen molar-refractivity contribution >= 4 is 23.6 Å². The third-order valence-corrected chi connectivity index (χ3v) is 5.66. The molecule has 0 bridgehead atoms. The lowest BCUT2D eigenvalue weighted by molar-refractivity contribution is -0.123. The van der Waals surface area contributed by atoms with Crippen molar-refractivity contribution in [3.8, 4) is 0 Å². The van der Waals surface area contributed by atoms with E-state index in [1.807, 2.05) is 13.8 Å². The summed E-state index contributed by atoms with van der Waals surface area (Å²) in [5, 5.41) is 16.8. The summed E-state index contributed by atoms with van der Waals surface area (Å²) in [6.45, 7) is 11.1. The van der Waals surface area contributed by atoms with Crippen molar-refractivity contribution in [3.05, 3.63) is 0 Å². The Morgan fingerprint density at radius 3 is 2.60 bits per heavy atom. The zero-order valence-electron chi connectivity index (χ0n) is 15.8. The topological polar surface area (TPSA) is 80.2 Å². The highest BCUT2D eigenvalue weighted by Crippen LogP contribution is 2.27. The van der Waals surface area contributed by atoms with Crippen LogP contribution in [0.2, 0.25) is 0 Å². The molecule has 0 aromatic rings. The summed E-state index contributed by atoms with van der Waals surface area (Å²) < 4.78 is 0. The molecule has 0 spiro atoms. The molecule has 2 heterocycles. The molecule has 2 rings (SSSR count). The van der Waals surface area contributed by atoms with Gasteiger partial charge in [-0.3, -0.25) is 14.7 Å². The molecular weight excluding hydrogens is 338 g/mol. The largest absolute Gasteiger partial charge is 0.387 e. The quantitative estimate of drug-likeness (QED) is 0.449. The van der Waals surface area contributed by atoms with Gasteiger partial charge in [0.05, 0.1) is 18.7 Å². The number of aliphatic imine (C=N–C) groups is 1. The summed E-state index contributed by atoms with van der Waals surface area (Å²) >= 11 is 1.79. The molecule has 2 saturated heterocycles. The van der Waals surface area contributed by atoms with Crippen molar-refractivity contribution in [1.29, 1.82) is 0 Å². The SMILES string of the molecule is CCNC(=NCC1(O)CCSC1)N1CCN(CC(=O)NC(C)C)CC1. The lowest BCUT2D eigenvalue weighted by Crippen LogP contribution is -2.54. The van der Waals surface area contributed by atoms with Gasteiger partial charge >= 0.3 is 0 Å². The molecule has 2 aliphatic rings. The molecular formula is C17H33N5O2S. The van der Waals surface area contributed by atoms with Crippen LogP contribution in [0.5, 0.6) is 0 Å². The number of piperazine rings is 1. The molecule has 7 nitrogen and oxygen atoms in total. The fraction of sp³-hybridized carbons (Fsp3) is 0.882. The van der Waals surface area contributed by atoms with Crippen molar-refractivity contribution in [2.24, 2.45) is 4.99 Å². The van der Waals surface area contributed by atoms with Crippen molar-refractivity contribution in [2.45, 2.75) is 38.8 Å². The summed E-state index contributed by atoms with van der Waals surface area (Å²) in [4.78, 5) is 21.0. The van der Waals surface area contributed by atoms with E-state index in [-0.39, 0.29) is 11.9 Å². The van der Waals surface area contributed by atoms with E-state index in [1.54, 1.807) is 11.8 Å². The maximum Gasteiger partial charge on any atom is 0.234 e. The number of guanidine groups is 1. The summed E-state index contributed by atoms with van der Waals surface area (Å²) in [6.07, 6.45) is 0.819. The second-order valence-electron chi connectivity index (χ2n) is 7.18. The zero-order chi connectivity index (χ0) is 18.3. The molecule has 2 fully saturated rings. The molecule has 1 unspecified atom stereocenters. The highest BCUT2D eigenvalue weighted by molar-refractivity contribution is 7.99. The normalized spacial score (nSPS) is 25.5. The molecule has 0 aromatic heterocycles. The van der Waals surface area contributed by atoms with Crippen LogP contribution in [0.1, 0.15) is 27.2 Å². The first-order chi connectivity index (χ1) is 11.9. The Labute approximate surface area is 155 Å². The van der Waals surface area contributed by atoms with E-state index in [0.717, 1.165) is 56.6 Å². The third-order valence-electron chi connectivity index (χ3n) is 4.43. The molecule has 0 radical (unpaired) electrons. The molecule has 8 heteroatoms. The van der Waals surface area contributed by atoms with Crippen LogP contribution < -0.4 is 10.6 Å². The van der Waals surface area contributed by atoms with Crippen LogP contribution in [0, 0.1) is 0 Å². The Kier molecular flexibility index (Phi) is 7.83. The average molecular weight is 372 g/mol. The van der Waals surface area contributed by atoms with Crippen LogP contribution in [-0.2, 0) is 4.79 Å². The van der Waals surface area contributed by atoms with Gasteiger partial charge < -0.3 is 20.6 Å². The Hall–Kier alpha value is -0.990. The van der Waals surface area contributed by atoms with Crippen LogP contribution in [0.15, 0.2) is 4.99 Å². The number of aliphatic hydroxyl groups is 1. The second kappa shape index (κ2) is 9.64. The van der Waals surface area contributed by atoms with E-state index < -0.39 is 5.60 Å². The van der Waals surface area contributed by atoms with Crippen molar-refractivity contribution in [1.82, 2.24) is 20.4 Å². The van der Waals surface area contributed by atoms with Crippen molar-refractivity contribution in [3.63, 3.8) is 0 Å². The summed E-state index contributed by atoms with van der Waals surface area (Å²) in [6, 6.07) is 0.181. The van der Waals surface area contributed by atoms with E-state index >= 15 is 0 Å². The van der Waals surface area contributed by atoms with Gasteiger partial charge in [0.25, 0.3) is 0 Å². The number of carbonyl (C=O) groups is 1. The Morgan fingerprint density at radius 2 is 2.04 bits per heavy atom. The van der Waals surface area contributed by atoms with E-state index in [1.165, 1.54) is 0 Å². The molecule has 25 heavy (non-hydrogen) atoms. The molecule has 2 aliphatic heterocycles.